The number of nitrogens with zero attached hydrogens (tertiary/aromatic N) is 3. The molecule has 0 unspecified atom stereocenters. The molecule has 0 aliphatic rings. The van der Waals surface area contributed by atoms with Crippen LogP contribution in [0.15, 0.2) is 73.1 Å². The fourth-order valence-corrected chi connectivity index (χ4v) is 4.84. The molecule has 0 bridgehead atoms. The molecule has 0 aliphatic carbocycles. The number of Topliss-reactive ketones (excluding diaryl/α,β-unsaturated/α-hetero) is 1. The Morgan fingerprint density at radius 1 is 1.11 bits per heavy atom. The number of fused-ring (bicyclic) bond motifs is 1. The van der Waals surface area contributed by atoms with Gasteiger partial charge in [0.1, 0.15) is 0 Å². The number of nitrogens with one attached hydrogen (secondary N) is 3. The van der Waals surface area contributed by atoms with Crippen molar-refractivity contribution in [1.29, 1.82) is 0 Å². The van der Waals surface area contributed by atoms with Gasteiger partial charge in [0.2, 0.25) is 5.95 Å². The number of anilines is 2. The molecule has 4 N–H and O–H groups in total. The third-order valence-electron chi connectivity index (χ3n) is 5.68. The molecule has 188 valence electrons. The number of rotatable bonds is 9. The van der Waals surface area contributed by atoms with Crippen LogP contribution >= 0.6 is 11.3 Å². The van der Waals surface area contributed by atoms with Crippen LogP contribution in [0, 0.1) is 0 Å². The van der Waals surface area contributed by atoms with Crippen molar-refractivity contribution in [1.82, 2.24) is 19.7 Å². The van der Waals surface area contributed by atoms with Gasteiger partial charge in [0.15, 0.2) is 5.78 Å². The first-order valence-corrected chi connectivity index (χ1v) is 12.5. The molecule has 0 atom stereocenters. The van der Waals surface area contributed by atoms with Crippen molar-refractivity contribution in [3.8, 4) is 10.4 Å². The van der Waals surface area contributed by atoms with Gasteiger partial charge in [0, 0.05) is 27.9 Å². The summed E-state index contributed by atoms with van der Waals surface area (Å²) < 4.78 is 1.79. The number of carbonyl (C=O) groups excluding carboxylic acids is 2. The number of benzene rings is 2. The van der Waals surface area contributed by atoms with Crippen molar-refractivity contribution >= 4 is 45.7 Å². The summed E-state index contributed by atoms with van der Waals surface area (Å²) in [5.41, 5.74) is 2.61. The fraction of sp³-hybridized carbons (Fsp3) is 0.185. The molecular formula is C27H26N6O3S. The van der Waals surface area contributed by atoms with Crippen molar-refractivity contribution < 1.29 is 14.7 Å². The van der Waals surface area contributed by atoms with Crippen molar-refractivity contribution in [2.45, 2.75) is 26.0 Å². The number of thiophene rings is 1. The molecule has 0 spiro atoms. The van der Waals surface area contributed by atoms with Gasteiger partial charge in [-0.15, -0.1) is 11.3 Å². The number of H-pyrrole nitrogens is 1. The number of aromatic amines is 1. The lowest BCUT2D eigenvalue weighted by molar-refractivity contribution is 0.0630. The zero-order chi connectivity index (χ0) is 26.0. The molecular weight excluding hydrogens is 488 g/mol. The number of aromatic nitrogens is 4. The third-order valence-corrected chi connectivity index (χ3v) is 6.81. The summed E-state index contributed by atoms with van der Waals surface area (Å²) >= 11 is 1.35. The predicted molar refractivity (Wildman–Crippen MR) is 145 cm³/mol. The zero-order valence-electron chi connectivity index (χ0n) is 20.4. The van der Waals surface area contributed by atoms with Gasteiger partial charge in [-0.3, -0.25) is 20.0 Å². The van der Waals surface area contributed by atoms with Crippen LogP contribution in [0.25, 0.3) is 21.5 Å². The minimum atomic E-state index is -1.04. The van der Waals surface area contributed by atoms with Gasteiger partial charge in [-0.1, -0.05) is 30.3 Å². The molecule has 0 radical (unpaired) electrons. The SMILES string of the molecule is CC(C)(O)Cn1c(NC(=O)c2ccc(-c3cn[nH]c3)s2)nc2cc(NCC(=O)c3ccccc3)ccc21. The highest BCUT2D eigenvalue weighted by Gasteiger charge is 2.22. The maximum absolute atomic E-state index is 13.1. The first kappa shape index (κ1) is 24.4. The molecule has 0 saturated carbocycles. The van der Waals surface area contributed by atoms with Gasteiger partial charge in [-0.05, 0) is 44.2 Å². The summed E-state index contributed by atoms with van der Waals surface area (Å²) in [4.78, 5) is 31.6. The predicted octanol–water partition coefficient (Wildman–Crippen LogP) is 4.81. The Balaban J connectivity index is 1.39. The summed E-state index contributed by atoms with van der Waals surface area (Å²) in [5.74, 6) is 0.0173. The van der Waals surface area contributed by atoms with Crippen LogP contribution in [-0.2, 0) is 6.54 Å². The average molecular weight is 515 g/mol. The molecule has 0 saturated heterocycles. The van der Waals surface area contributed by atoms with E-state index in [-0.39, 0.29) is 24.8 Å². The molecule has 0 fully saturated rings. The normalized spacial score (nSPS) is 11.5. The number of hydrogen-bond donors (Lipinski definition) is 4. The van der Waals surface area contributed by atoms with Gasteiger partial charge in [-0.25, -0.2) is 4.98 Å². The number of aliphatic hydroxyl groups is 1. The van der Waals surface area contributed by atoms with Crippen LogP contribution < -0.4 is 10.6 Å². The van der Waals surface area contributed by atoms with Crippen LogP contribution in [0.3, 0.4) is 0 Å². The van der Waals surface area contributed by atoms with Crippen LogP contribution in [-0.4, -0.2) is 48.7 Å². The van der Waals surface area contributed by atoms with Crippen LogP contribution in [0.5, 0.6) is 0 Å². The van der Waals surface area contributed by atoms with E-state index in [1.807, 2.05) is 42.5 Å². The van der Waals surface area contributed by atoms with E-state index < -0.39 is 5.60 Å². The first-order valence-electron chi connectivity index (χ1n) is 11.7. The fourth-order valence-electron chi connectivity index (χ4n) is 3.95. The van der Waals surface area contributed by atoms with Gasteiger partial charge < -0.3 is 15.0 Å². The van der Waals surface area contributed by atoms with E-state index in [1.165, 1.54) is 11.3 Å². The summed E-state index contributed by atoms with van der Waals surface area (Å²) in [7, 11) is 0. The van der Waals surface area contributed by atoms with E-state index >= 15 is 0 Å². The van der Waals surface area contributed by atoms with Gasteiger partial charge in [0.05, 0.1) is 40.8 Å². The number of hydrogen-bond acceptors (Lipinski definition) is 7. The molecule has 5 rings (SSSR count). The molecule has 5 aromatic rings. The van der Waals surface area contributed by atoms with Crippen molar-refractivity contribution in [3.63, 3.8) is 0 Å². The van der Waals surface area contributed by atoms with Crippen LogP contribution in [0.4, 0.5) is 11.6 Å². The van der Waals surface area contributed by atoms with Crippen molar-refractivity contribution in [2.75, 3.05) is 17.2 Å². The molecule has 3 heterocycles. The largest absolute Gasteiger partial charge is 0.389 e. The quantitative estimate of drug-likeness (QED) is 0.209. The van der Waals surface area contributed by atoms with E-state index in [9.17, 15) is 14.7 Å². The van der Waals surface area contributed by atoms with Crippen LogP contribution in [0.2, 0.25) is 0 Å². The lowest BCUT2D eigenvalue weighted by Gasteiger charge is -2.20. The van der Waals surface area contributed by atoms with E-state index in [0.29, 0.717) is 21.9 Å². The van der Waals surface area contributed by atoms with E-state index in [1.54, 1.807) is 49.0 Å². The molecule has 0 aliphatic heterocycles. The number of imidazole rings is 1. The molecule has 10 heteroatoms. The summed E-state index contributed by atoms with van der Waals surface area (Å²) in [6, 6.07) is 18.3. The minimum Gasteiger partial charge on any atom is -0.389 e. The van der Waals surface area contributed by atoms with Gasteiger partial charge >= 0.3 is 0 Å². The Hall–Kier alpha value is -4.28. The Morgan fingerprint density at radius 3 is 2.65 bits per heavy atom. The highest BCUT2D eigenvalue weighted by atomic mass is 32.1. The number of ketones is 1. The maximum atomic E-state index is 13.1. The second kappa shape index (κ2) is 10.00. The molecule has 37 heavy (non-hydrogen) atoms. The molecule has 2 aromatic carbocycles. The Kier molecular flexibility index (Phi) is 6.60. The first-order chi connectivity index (χ1) is 17.8. The highest BCUT2D eigenvalue weighted by Crippen LogP contribution is 2.29. The minimum absolute atomic E-state index is 0.0213. The smallest absolute Gasteiger partial charge is 0.268 e. The van der Waals surface area contributed by atoms with E-state index in [2.05, 4.69) is 25.8 Å². The second-order valence-electron chi connectivity index (χ2n) is 9.29. The van der Waals surface area contributed by atoms with Gasteiger partial charge in [-0.2, -0.15) is 5.10 Å². The van der Waals surface area contributed by atoms with E-state index in [0.717, 1.165) is 21.6 Å². The number of carbonyl (C=O) groups is 2. The second-order valence-corrected chi connectivity index (χ2v) is 10.4. The molecule has 3 aromatic heterocycles. The number of amides is 1. The summed E-state index contributed by atoms with van der Waals surface area (Å²) in [5, 5.41) is 23.3. The van der Waals surface area contributed by atoms with Gasteiger partial charge in [0.25, 0.3) is 5.91 Å². The third kappa shape index (κ3) is 5.60. The highest BCUT2D eigenvalue weighted by molar-refractivity contribution is 7.17. The lowest BCUT2D eigenvalue weighted by atomic mass is 10.1. The van der Waals surface area contributed by atoms with Crippen molar-refractivity contribution in [2.24, 2.45) is 0 Å². The maximum Gasteiger partial charge on any atom is 0.268 e. The standard InChI is InChI=1S/C27H26N6O3S/c1-27(2,36)16-33-21-9-8-19(28-15-22(34)17-6-4-3-5-7-17)12-20(21)31-26(33)32-25(35)24-11-10-23(37-24)18-13-29-30-14-18/h3-14,28,36H,15-16H2,1-2H3,(H,29,30)(H,31,32,35). The average Bonchev–Trinajstić information content (AvgIpc) is 3.63. The van der Waals surface area contributed by atoms with Crippen molar-refractivity contribution in [3.05, 3.63) is 83.5 Å². The lowest BCUT2D eigenvalue weighted by Crippen LogP contribution is -2.27. The Labute approximate surface area is 217 Å². The summed E-state index contributed by atoms with van der Waals surface area (Å²) in [6.45, 7) is 3.77. The monoisotopic (exact) mass is 514 g/mol. The van der Waals surface area contributed by atoms with E-state index in [4.69, 9.17) is 0 Å². The zero-order valence-corrected chi connectivity index (χ0v) is 21.2. The topological polar surface area (TPSA) is 125 Å². The molecule has 1 amide bonds. The Morgan fingerprint density at radius 2 is 1.92 bits per heavy atom. The molecule has 9 nitrogen and oxygen atoms in total. The van der Waals surface area contributed by atoms with Crippen LogP contribution in [0.1, 0.15) is 33.9 Å². The summed E-state index contributed by atoms with van der Waals surface area (Å²) in [6.07, 6.45) is 3.48. The Bertz CT molecular complexity index is 1550.